The maximum Gasteiger partial charge on any atom is 0.243 e. The van der Waals surface area contributed by atoms with Crippen LogP contribution in [0.5, 0.6) is 0 Å². The highest BCUT2D eigenvalue weighted by molar-refractivity contribution is 5.85. The number of rotatable bonds is 6. The molecular formula is C28H33N7O. The summed E-state index contributed by atoms with van der Waals surface area (Å²) in [5.74, 6) is 1.61. The van der Waals surface area contributed by atoms with Crippen molar-refractivity contribution in [3.8, 4) is 22.8 Å². The van der Waals surface area contributed by atoms with Gasteiger partial charge >= 0.3 is 0 Å². The molecule has 8 heteroatoms. The van der Waals surface area contributed by atoms with Gasteiger partial charge in [-0.05, 0) is 43.0 Å². The monoisotopic (exact) mass is 483 g/mol. The number of para-hydroxylation sites is 2. The first-order valence-electron chi connectivity index (χ1n) is 13.4. The van der Waals surface area contributed by atoms with Crippen LogP contribution in [-0.2, 0) is 11.3 Å². The number of imidazole rings is 1. The molecular weight excluding hydrogens is 450 g/mol. The molecule has 2 saturated carbocycles. The van der Waals surface area contributed by atoms with E-state index in [-0.39, 0.29) is 5.91 Å². The van der Waals surface area contributed by atoms with E-state index in [2.05, 4.69) is 36.2 Å². The second kappa shape index (κ2) is 10.2. The van der Waals surface area contributed by atoms with Gasteiger partial charge in [0.25, 0.3) is 0 Å². The van der Waals surface area contributed by atoms with Crippen LogP contribution in [0.15, 0.2) is 48.5 Å². The van der Waals surface area contributed by atoms with Crippen molar-refractivity contribution in [1.82, 2.24) is 35.1 Å². The topological polar surface area (TPSA) is 92.6 Å². The predicted molar refractivity (Wildman–Crippen MR) is 139 cm³/mol. The van der Waals surface area contributed by atoms with Crippen molar-refractivity contribution in [2.24, 2.45) is 0 Å². The molecule has 2 aromatic heterocycles. The molecule has 0 atom stereocenters. The SMILES string of the molecule is O=C(Cn1c(-c2ccc(-c3nn[nH]n3)cc2)nc2ccccc21)N(C1CCCCC1)C1CCCCC1. The number of tetrazole rings is 1. The third kappa shape index (κ3) is 4.52. The fraction of sp³-hybridized carbons (Fsp3) is 0.464. The molecule has 8 nitrogen and oxygen atoms in total. The minimum Gasteiger partial charge on any atom is -0.335 e. The van der Waals surface area contributed by atoms with Crippen molar-refractivity contribution >= 4 is 16.9 Å². The molecule has 0 bridgehead atoms. The van der Waals surface area contributed by atoms with E-state index in [1.807, 2.05) is 42.5 Å². The molecule has 0 unspecified atom stereocenters. The van der Waals surface area contributed by atoms with Crippen LogP contribution in [0.2, 0.25) is 0 Å². The number of hydrogen-bond acceptors (Lipinski definition) is 5. The number of hydrogen-bond donors (Lipinski definition) is 1. The highest BCUT2D eigenvalue weighted by Gasteiger charge is 2.33. The smallest absolute Gasteiger partial charge is 0.243 e. The molecule has 0 saturated heterocycles. The maximum absolute atomic E-state index is 14.1. The van der Waals surface area contributed by atoms with E-state index in [4.69, 9.17) is 4.98 Å². The summed E-state index contributed by atoms with van der Waals surface area (Å²) in [5.41, 5.74) is 3.75. The average Bonchev–Trinajstić information content (AvgIpc) is 3.59. The van der Waals surface area contributed by atoms with E-state index >= 15 is 0 Å². The summed E-state index contributed by atoms with van der Waals surface area (Å²) in [7, 11) is 0. The predicted octanol–water partition coefficient (Wildman–Crippen LogP) is 5.38. The fourth-order valence-electron chi connectivity index (χ4n) is 6.15. The Morgan fingerprint density at radius 3 is 2.14 bits per heavy atom. The van der Waals surface area contributed by atoms with Gasteiger partial charge in [-0.1, -0.05) is 74.9 Å². The first kappa shape index (κ1) is 22.9. The third-order valence-electron chi connectivity index (χ3n) is 7.92. The van der Waals surface area contributed by atoms with Gasteiger partial charge in [0.05, 0.1) is 11.0 Å². The molecule has 2 fully saturated rings. The van der Waals surface area contributed by atoms with Crippen LogP contribution in [0.3, 0.4) is 0 Å². The van der Waals surface area contributed by atoms with Gasteiger partial charge in [-0.25, -0.2) is 4.98 Å². The zero-order valence-electron chi connectivity index (χ0n) is 20.6. The quantitative estimate of drug-likeness (QED) is 0.398. The number of H-pyrrole nitrogens is 1. The molecule has 1 N–H and O–H groups in total. The number of benzene rings is 2. The third-order valence-corrected chi connectivity index (χ3v) is 7.92. The van der Waals surface area contributed by atoms with Crippen LogP contribution in [-0.4, -0.2) is 53.1 Å². The van der Waals surface area contributed by atoms with Crippen molar-refractivity contribution in [2.45, 2.75) is 82.8 Å². The van der Waals surface area contributed by atoms with E-state index < -0.39 is 0 Å². The first-order chi connectivity index (χ1) is 17.8. The normalized spacial score (nSPS) is 17.4. The zero-order chi connectivity index (χ0) is 24.3. The summed E-state index contributed by atoms with van der Waals surface area (Å²) in [5, 5.41) is 14.3. The molecule has 0 radical (unpaired) electrons. The molecule has 2 heterocycles. The number of aromatic nitrogens is 6. The van der Waals surface area contributed by atoms with Crippen LogP contribution < -0.4 is 0 Å². The Labute approximate surface area is 211 Å². The Kier molecular flexibility index (Phi) is 6.49. The number of nitrogens with one attached hydrogen (secondary N) is 1. The van der Waals surface area contributed by atoms with E-state index in [1.165, 1.54) is 38.5 Å². The lowest BCUT2D eigenvalue weighted by atomic mass is 9.88. The fourth-order valence-corrected chi connectivity index (χ4v) is 6.15. The summed E-state index contributed by atoms with van der Waals surface area (Å²) in [6.07, 6.45) is 12.0. The number of aromatic amines is 1. The van der Waals surface area contributed by atoms with Crippen LogP contribution in [0.1, 0.15) is 64.2 Å². The molecule has 36 heavy (non-hydrogen) atoms. The summed E-state index contributed by atoms with van der Waals surface area (Å²) < 4.78 is 2.11. The average molecular weight is 484 g/mol. The van der Waals surface area contributed by atoms with E-state index in [0.29, 0.717) is 24.5 Å². The number of fused-ring (bicyclic) bond motifs is 1. The molecule has 4 aromatic rings. The summed E-state index contributed by atoms with van der Waals surface area (Å²) >= 11 is 0. The molecule has 2 aromatic carbocycles. The number of carbonyl (C=O) groups excluding carboxylic acids is 1. The lowest BCUT2D eigenvalue weighted by Gasteiger charge is -2.42. The van der Waals surface area contributed by atoms with Gasteiger partial charge in [-0.2, -0.15) is 5.21 Å². The summed E-state index contributed by atoms with van der Waals surface area (Å²) in [6, 6.07) is 16.9. The largest absolute Gasteiger partial charge is 0.335 e. The van der Waals surface area contributed by atoms with Gasteiger partial charge in [0.1, 0.15) is 12.4 Å². The van der Waals surface area contributed by atoms with E-state index in [1.54, 1.807) is 0 Å². The number of carbonyl (C=O) groups is 1. The van der Waals surface area contributed by atoms with Gasteiger partial charge in [0.15, 0.2) is 0 Å². The summed E-state index contributed by atoms with van der Waals surface area (Å²) in [6.45, 7) is 0.315. The lowest BCUT2D eigenvalue weighted by Crippen LogP contribution is -2.50. The molecule has 2 aliphatic rings. The molecule has 186 valence electrons. The minimum absolute atomic E-state index is 0.238. The Morgan fingerprint density at radius 2 is 1.50 bits per heavy atom. The Morgan fingerprint density at radius 1 is 0.861 bits per heavy atom. The molecule has 0 spiro atoms. The van der Waals surface area contributed by atoms with Crippen LogP contribution >= 0.6 is 0 Å². The van der Waals surface area contributed by atoms with Crippen LogP contribution in [0, 0.1) is 0 Å². The second-order valence-electron chi connectivity index (χ2n) is 10.2. The molecule has 1 amide bonds. The van der Waals surface area contributed by atoms with Gasteiger partial charge in [0, 0.05) is 23.2 Å². The second-order valence-corrected chi connectivity index (χ2v) is 10.2. The Bertz CT molecular complexity index is 1280. The van der Waals surface area contributed by atoms with Gasteiger partial charge in [-0.3, -0.25) is 4.79 Å². The van der Waals surface area contributed by atoms with Crippen molar-refractivity contribution in [3.05, 3.63) is 48.5 Å². The molecule has 6 rings (SSSR count). The Hall–Kier alpha value is -3.55. The van der Waals surface area contributed by atoms with Crippen molar-refractivity contribution in [2.75, 3.05) is 0 Å². The maximum atomic E-state index is 14.1. The number of amides is 1. The molecule has 2 aliphatic carbocycles. The van der Waals surface area contributed by atoms with Gasteiger partial charge in [-0.15, -0.1) is 10.2 Å². The Balaban J connectivity index is 1.34. The van der Waals surface area contributed by atoms with Crippen molar-refractivity contribution in [1.29, 1.82) is 0 Å². The van der Waals surface area contributed by atoms with Gasteiger partial charge < -0.3 is 9.47 Å². The zero-order valence-corrected chi connectivity index (χ0v) is 20.6. The molecule has 0 aliphatic heterocycles. The summed E-state index contributed by atoms with van der Waals surface area (Å²) in [4.78, 5) is 21.4. The van der Waals surface area contributed by atoms with Crippen molar-refractivity contribution in [3.63, 3.8) is 0 Å². The van der Waals surface area contributed by atoms with E-state index in [0.717, 1.165) is 53.7 Å². The standard InChI is InChI=1S/C28H33N7O/c36-26(35(22-9-3-1-4-10-22)23-11-5-2-6-12-23)19-34-25-14-8-7-13-24(25)29-28(34)21-17-15-20(16-18-21)27-30-32-33-31-27/h7-8,13-18,22-23H,1-6,9-12,19H2,(H,30,31,32,33). The van der Waals surface area contributed by atoms with Gasteiger partial charge in [0.2, 0.25) is 11.7 Å². The lowest BCUT2D eigenvalue weighted by molar-refractivity contribution is -0.138. The van der Waals surface area contributed by atoms with E-state index in [9.17, 15) is 4.79 Å². The highest BCUT2D eigenvalue weighted by atomic mass is 16.2. The number of nitrogens with zero attached hydrogens (tertiary/aromatic N) is 6. The first-order valence-corrected chi connectivity index (χ1v) is 13.4. The minimum atomic E-state index is 0.238. The van der Waals surface area contributed by atoms with Crippen LogP contribution in [0.4, 0.5) is 0 Å². The van der Waals surface area contributed by atoms with Crippen molar-refractivity contribution < 1.29 is 4.79 Å². The highest BCUT2D eigenvalue weighted by Crippen LogP contribution is 2.32. The van der Waals surface area contributed by atoms with Crippen LogP contribution in [0.25, 0.3) is 33.8 Å².